The van der Waals surface area contributed by atoms with Gasteiger partial charge in [0.15, 0.2) is 0 Å². The van der Waals surface area contributed by atoms with Crippen LogP contribution in [0.15, 0.2) is 60.7 Å². The number of rotatable bonds is 4. The normalized spacial score (nSPS) is 12.3. The van der Waals surface area contributed by atoms with Crippen molar-refractivity contribution in [1.29, 1.82) is 0 Å². The average Bonchev–Trinajstić information content (AvgIpc) is 2.53. The molecule has 3 aromatic rings. The third-order valence-corrected chi connectivity index (χ3v) is 3.34. The lowest BCUT2D eigenvalue weighted by Gasteiger charge is -2.13. The predicted molar refractivity (Wildman–Crippen MR) is 81.6 cm³/mol. The van der Waals surface area contributed by atoms with Crippen LogP contribution < -0.4 is 5.32 Å². The van der Waals surface area contributed by atoms with E-state index < -0.39 is 11.9 Å². The maximum absolute atomic E-state index is 13.6. The van der Waals surface area contributed by atoms with Crippen LogP contribution in [0.5, 0.6) is 0 Å². The molecule has 0 saturated carbocycles. The van der Waals surface area contributed by atoms with Gasteiger partial charge < -0.3 is 10.4 Å². The number of aliphatic hydroxyl groups excluding tert-OH is 1. The molecule has 0 bridgehead atoms. The van der Waals surface area contributed by atoms with Crippen LogP contribution in [0.2, 0.25) is 0 Å². The Labute approximate surface area is 122 Å². The quantitative estimate of drug-likeness (QED) is 0.769. The first kappa shape index (κ1) is 13.5. The van der Waals surface area contributed by atoms with Crippen LogP contribution in [0.3, 0.4) is 0 Å². The van der Waals surface area contributed by atoms with Crippen molar-refractivity contribution in [3.05, 3.63) is 72.0 Å². The Kier molecular flexibility index (Phi) is 3.79. The zero-order valence-corrected chi connectivity index (χ0v) is 11.3. The summed E-state index contributed by atoms with van der Waals surface area (Å²) in [7, 11) is 0. The van der Waals surface area contributed by atoms with Crippen LogP contribution in [0.4, 0.5) is 10.2 Å². The van der Waals surface area contributed by atoms with Crippen molar-refractivity contribution in [2.24, 2.45) is 0 Å². The van der Waals surface area contributed by atoms with Crippen LogP contribution in [-0.2, 0) is 0 Å². The number of fused-ring (bicyclic) bond motifs is 1. The molecule has 1 unspecified atom stereocenters. The van der Waals surface area contributed by atoms with Gasteiger partial charge in [0, 0.05) is 17.5 Å². The molecule has 1 aromatic heterocycles. The summed E-state index contributed by atoms with van der Waals surface area (Å²) in [5, 5.41) is 14.1. The summed E-state index contributed by atoms with van der Waals surface area (Å²) in [4.78, 5) is 4.45. The van der Waals surface area contributed by atoms with E-state index in [0.29, 0.717) is 5.82 Å². The molecule has 21 heavy (non-hydrogen) atoms. The molecule has 0 amide bonds. The summed E-state index contributed by atoms with van der Waals surface area (Å²) in [6.07, 6.45) is -0.917. The van der Waals surface area contributed by atoms with Crippen molar-refractivity contribution in [2.75, 3.05) is 11.9 Å². The molecule has 0 saturated heterocycles. The van der Waals surface area contributed by atoms with E-state index in [9.17, 15) is 9.50 Å². The lowest BCUT2D eigenvalue weighted by Crippen LogP contribution is -2.14. The highest BCUT2D eigenvalue weighted by molar-refractivity contribution is 5.80. The Bertz CT molecular complexity index is 760. The third-order valence-electron chi connectivity index (χ3n) is 3.34. The van der Waals surface area contributed by atoms with E-state index in [4.69, 9.17) is 0 Å². The van der Waals surface area contributed by atoms with Crippen molar-refractivity contribution in [1.82, 2.24) is 4.98 Å². The van der Waals surface area contributed by atoms with Crippen molar-refractivity contribution in [2.45, 2.75) is 6.10 Å². The fourth-order valence-electron chi connectivity index (χ4n) is 2.22. The van der Waals surface area contributed by atoms with E-state index in [1.165, 1.54) is 6.07 Å². The third kappa shape index (κ3) is 3.01. The molecule has 0 aliphatic rings. The first-order valence-corrected chi connectivity index (χ1v) is 6.76. The standard InChI is InChI=1S/C17H15FN2O/c18-14-7-3-2-6-13(14)16(21)11-19-17-10-9-12-5-1-4-8-15(12)20-17/h1-10,16,21H,11H2,(H,19,20). The highest BCUT2D eigenvalue weighted by Crippen LogP contribution is 2.18. The molecule has 4 heteroatoms. The Morgan fingerprint density at radius 3 is 2.62 bits per heavy atom. The Morgan fingerprint density at radius 1 is 1.00 bits per heavy atom. The van der Waals surface area contributed by atoms with Crippen molar-refractivity contribution in [3.8, 4) is 0 Å². The van der Waals surface area contributed by atoms with Crippen LogP contribution in [0.25, 0.3) is 10.9 Å². The summed E-state index contributed by atoms with van der Waals surface area (Å²) < 4.78 is 13.6. The minimum absolute atomic E-state index is 0.201. The van der Waals surface area contributed by atoms with Gasteiger partial charge in [-0.15, -0.1) is 0 Å². The maximum Gasteiger partial charge on any atom is 0.129 e. The second-order valence-corrected chi connectivity index (χ2v) is 4.81. The summed E-state index contributed by atoms with van der Waals surface area (Å²) >= 11 is 0. The average molecular weight is 282 g/mol. The number of hydrogen-bond acceptors (Lipinski definition) is 3. The molecule has 2 aromatic carbocycles. The van der Waals surface area contributed by atoms with Gasteiger partial charge in [-0.25, -0.2) is 9.37 Å². The minimum Gasteiger partial charge on any atom is -0.386 e. The Morgan fingerprint density at radius 2 is 1.76 bits per heavy atom. The highest BCUT2D eigenvalue weighted by Gasteiger charge is 2.11. The first-order chi connectivity index (χ1) is 10.2. The van der Waals surface area contributed by atoms with Gasteiger partial charge in [-0.1, -0.05) is 36.4 Å². The first-order valence-electron chi connectivity index (χ1n) is 6.76. The lowest BCUT2D eigenvalue weighted by atomic mass is 10.1. The fourth-order valence-corrected chi connectivity index (χ4v) is 2.22. The molecular weight excluding hydrogens is 267 g/mol. The van der Waals surface area contributed by atoms with Crippen molar-refractivity contribution >= 4 is 16.7 Å². The number of anilines is 1. The van der Waals surface area contributed by atoms with Gasteiger partial charge in [0.05, 0.1) is 11.6 Å². The number of pyridine rings is 1. The Hall–Kier alpha value is -2.46. The topological polar surface area (TPSA) is 45.1 Å². The van der Waals surface area contributed by atoms with Gasteiger partial charge in [0.2, 0.25) is 0 Å². The van der Waals surface area contributed by atoms with Gasteiger partial charge in [0.25, 0.3) is 0 Å². The smallest absolute Gasteiger partial charge is 0.129 e. The van der Waals surface area contributed by atoms with E-state index >= 15 is 0 Å². The molecule has 2 N–H and O–H groups in total. The molecule has 0 aliphatic heterocycles. The lowest BCUT2D eigenvalue weighted by molar-refractivity contribution is 0.186. The van der Waals surface area contributed by atoms with Crippen LogP contribution >= 0.6 is 0 Å². The van der Waals surface area contributed by atoms with Gasteiger partial charge in [-0.2, -0.15) is 0 Å². The van der Waals surface area contributed by atoms with Gasteiger partial charge in [0.1, 0.15) is 11.6 Å². The van der Waals surface area contributed by atoms with Crippen molar-refractivity contribution < 1.29 is 9.50 Å². The highest BCUT2D eigenvalue weighted by atomic mass is 19.1. The van der Waals surface area contributed by atoms with E-state index in [1.54, 1.807) is 18.2 Å². The zero-order chi connectivity index (χ0) is 14.7. The monoisotopic (exact) mass is 282 g/mol. The number of halogens is 1. The molecule has 0 spiro atoms. The van der Waals surface area contributed by atoms with Gasteiger partial charge >= 0.3 is 0 Å². The molecule has 0 radical (unpaired) electrons. The number of aromatic nitrogens is 1. The number of hydrogen-bond donors (Lipinski definition) is 2. The van der Waals surface area contributed by atoms with Crippen LogP contribution in [-0.4, -0.2) is 16.6 Å². The van der Waals surface area contributed by atoms with Gasteiger partial charge in [-0.05, 0) is 24.3 Å². The zero-order valence-electron chi connectivity index (χ0n) is 11.3. The number of nitrogens with one attached hydrogen (secondary N) is 1. The van der Waals surface area contributed by atoms with Crippen LogP contribution in [0.1, 0.15) is 11.7 Å². The summed E-state index contributed by atoms with van der Waals surface area (Å²) in [5.74, 6) is 0.252. The number of para-hydroxylation sites is 1. The summed E-state index contributed by atoms with van der Waals surface area (Å²) in [5.41, 5.74) is 1.16. The fraction of sp³-hybridized carbons (Fsp3) is 0.118. The van der Waals surface area contributed by atoms with E-state index in [1.807, 2.05) is 36.4 Å². The van der Waals surface area contributed by atoms with Gasteiger partial charge in [-0.3, -0.25) is 0 Å². The van der Waals surface area contributed by atoms with E-state index in [-0.39, 0.29) is 12.1 Å². The van der Waals surface area contributed by atoms with E-state index in [0.717, 1.165) is 10.9 Å². The summed E-state index contributed by atoms with van der Waals surface area (Å²) in [6.45, 7) is 0.201. The second-order valence-electron chi connectivity index (χ2n) is 4.81. The molecule has 1 atom stereocenters. The maximum atomic E-state index is 13.6. The minimum atomic E-state index is -0.917. The molecule has 1 heterocycles. The van der Waals surface area contributed by atoms with E-state index in [2.05, 4.69) is 10.3 Å². The molecule has 3 nitrogen and oxygen atoms in total. The molecule has 0 fully saturated rings. The Balaban J connectivity index is 1.73. The second kappa shape index (κ2) is 5.89. The number of aliphatic hydroxyl groups is 1. The molecular formula is C17H15FN2O. The molecule has 106 valence electrons. The largest absolute Gasteiger partial charge is 0.386 e. The number of nitrogens with zero attached hydrogens (tertiary/aromatic N) is 1. The summed E-state index contributed by atoms with van der Waals surface area (Å²) in [6, 6.07) is 17.8. The number of benzene rings is 2. The van der Waals surface area contributed by atoms with Crippen molar-refractivity contribution in [3.63, 3.8) is 0 Å². The predicted octanol–water partition coefficient (Wildman–Crippen LogP) is 3.52. The SMILES string of the molecule is OC(CNc1ccc2ccccc2n1)c1ccccc1F. The molecule has 3 rings (SSSR count). The van der Waals surface area contributed by atoms with Crippen LogP contribution in [0, 0.1) is 5.82 Å². The molecule has 0 aliphatic carbocycles.